The molecule has 0 saturated carbocycles. The molecule has 1 aromatic rings. The zero-order chi connectivity index (χ0) is 13.5. The van der Waals surface area contributed by atoms with E-state index in [-0.39, 0.29) is 14.9 Å². The molecule has 0 aliphatic carbocycles. The van der Waals surface area contributed by atoms with E-state index in [1.807, 2.05) is 0 Å². The van der Waals surface area contributed by atoms with E-state index in [0.717, 1.165) is 6.42 Å². The maximum Gasteiger partial charge on any atom is 0.247 e. The van der Waals surface area contributed by atoms with Crippen molar-refractivity contribution in [1.29, 1.82) is 0 Å². The second kappa shape index (κ2) is 5.26. The molecule has 0 radical (unpaired) electrons. The summed E-state index contributed by atoms with van der Waals surface area (Å²) in [6, 6.07) is 3.00. The molecule has 0 bridgehead atoms. The van der Waals surface area contributed by atoms with Gasteiger partial charge in [-0.15, -0.1) is 0 Å². The first-order chi connectivity index (χ1) is 8.34. The first-order valence-corrected chi connectivity index (χ1v) is 8.25. The SMILES string of the molecule is NC1CCCN1S(=O)(=O)c1c(Cl)cc(Br)cc1Cl. The highest BCUT2D eigenvalue weighted by molar-refractivity contribution is 9.10. The third kappa shape index (κ3) is 2.55. The smallest absolute Gasteiger partial charge is 0.247 e. The third-order valence-electron chi connectivity index (χ3n) is 2.78. The Hall–Kier alpha value is 0.150. The molecule has 1 fully saturated rings. The molecule has 18 heavy (non-hydrogen) atoms. The van der Waals surface area contributed by atoms with Crippen LogP contribution in [-0.4, -0.2) is 25.4 Å². The fourth-order valence-electron chi connectivity index (χ4n) is 1.96. The number of rotatable bonds is 2. The molecule has 1 heterocycles. The van der Waals surface area contributed by atoms with Gasteiger partial charge in [-0.05, 0) is 25.0 Å². The molecule has 1 aliphatic heterocycles. The minimum Gasteiger partial charge on any atom is -0.315 e. The molecule has 1 unspecified atom stereocenters. The summed E-state index contributed by atoms with van der Waals surface area (Å²) in [5.74, 6) is 0. The average molecular weight is 374 g/mol. The highest BCUT2D eigenvalue weighted by Gasteiger charge is 2.35. The van der Waals surface area contributed by atoms with Crippen LogP contribution < -0.4 is 5.73 Å². The van der Waals surface area contributed by atoms with E-state index in [0.29, 0.717) is 17.4 Å². The fourth-order valence-corrected chi connectivity index (χ4v) is 5.43. The Balaban J connectivity index is 2.54. The van der Waals surface area contributed by atoms with Gasteiger partial charge in [0.2, 0.25) is 10.0 Å². The van der Waals surface area contributed by atoms with Gasteiger partial charge < -0.3 is 5.73 Å². The molecule has 1 aromatic carbocycles. The first kappa shape index (κ1) is 14.6. The molecule has 1 saturated heterocycles. The van der Waals surface area contributed by atoms with Crippen LogP contribution in [0.1, 0.15) is 12.8 Å². The molecule has 8 heteroatoms. The van der Waals surface area contributed by atoms with Gasteiger partial charge in [-0.1, -0.05) is 39.1 Å². The van der Waals surface area contributed by atoms with Gasteiger partial charge in [-0.25, -0.2) is 8.42 Å². The minimum absolute atomic E-state index is 0.0774. The molecule has 4 nitrogen and oxygen atoms in total. The van der Waals surface area contributed by atoms with E-state index in [4.69, 9.17) is 28.9 Å². The average Bonchev–Trinajstić information content (AvgIpc) is 2.62. The second-order valence-electron chi connectivity index (χ2n) is 4.02. The van der Waals surface area contributed by atoms with Crippen LogP contribution in [0.15, 0.2) is 21.5 Å². The number of benzene rings is 1. The lowest BCUT2D eigenvalue weighted by Crippen LogP contribution is -2.41. The van der Waals surface area contributed by atoms with Crippen molar-refractivity contribution in [3.05, 3.63) is 26.7 Å². The summed E-state index contributed by atoms with van der Waals surface area (Å²) < 4.78 is 26.8. The minimum atomic E-state index is -3.74. The van der Waals surface area contributed by atoms with Gasteiger partial charge in [0.25, 0.3) is 0 Å². The Morgan fingerprint density at radius 3 is 2.33 bits per heavy atom. The standard InChI is InChI=1S/C10H11BrCl2N2O2S/c11-6-4-7(12)10(8(13)5-6)18(16,17)15-3-1-2-9(15)14/h4-5,9H,1-3,14H2. The van der Waals surface area contributed by atoms with Crippen molar-refractivity contribution >= 4 is 49.2 Å². The van der Waals surface area contributed by atoms with Crippen LogP contribution >= 0.6 is 39.1 Å². The number of halogens is 3. The quantitative estimate of drug-likeness (QED) is 0.866. The van der Waals surface area contributed by atoms with Crippen molar-refractivity contribution in [2.45, 2.75) is 23.9 Å². The van der Waals surface area contributed by atoms with Crippen molar-refractivity contribution in [2.24, 2.45) is 5.73 Å². The van der Waals surface area contributed by atoms with Crippen LogP contribution in [0.3, 0.4) is 0 Å². The highest BCUT2D eigenvalue weighted by Crippen LogP contribution is 2.36. The second-order valence-corrected chi connectivity index (χ2v) is 7.58. The summed E-state index contributed by atoms with van der Waals surface area (Å²) in [4.78, 5) is -0.0774. The summed E-state index contributed by atoms with van der Waals surface area (Å²) in [6.07, 6.45) is 0.878. The van der Waals surface area contributed by atoms with Crippen LogP contribution in [0.25, 0.3) is 0 Å². The normalized spacial score (nSPS) is 21.4. The molecule has 0 amide bonds. The van der Waals surface area contributed by atoms with Gasteiger partial charge >= 0.3 is 0 Å². The van der Waals surface area contributed by atoms with Crippen molar-refractivity contribution in [1.82, 2.24) is 4.31 Å². The number of nitrogens with zero attached hydrogens (tertiary/aromatic N) is 1. The highest BCUT2D eigenvalue weighted by atomic mass is 79.9. The Kier molecular flexibility index (Phi) is 4.26. The molecule has 1 atom stereocenters. The summed E-state index contributed by atoms with van der Waals surface area (Å²) in [5.41, 5.74) is 5.78. The van der Waals surface area contributed by atoms with Crippen LogP contribution in [0.2, 0.25) is 10.0 Å². The van der Waals surface area contributed by atoms with Crippen LogP contribution in [0.5, 0.6) is 0 Å². The monoisotopic (exact) mass is 372 g/mol. The maximum atomic E-state index is 12.5. The van der Waals surface area contributed by atoms with Gasteiger partial charge in [0, 0.05) is 11.0 Å². The Morgan fingerprint density at radius 1 is 1.33 bits per heavy atom. The van der Waals surface area contributed by atoms with Crippen molar-refractivity contribution in [2.75, 3.05) is 6.54 Å². The third-order valence-corrected chi connectivity index (χ3v) is 6.08. The molecule has 100 valence electrons. The zero-order valence-corrected chi connectivity index (χ0v) is 13.2. The largest absolute Gasteiger partial charge is 0.315 e. The number of hydrogen-bond acceptors (Lipinski definition) is 3. The molecule has 2 rings (SSSR count). The van der Waals surface area contributed by atoms with E-state index >= 15 is 0 Å². The maximum absolute atomic E-state index is 12.5. The summed E-state index contributed by atoms with van der Waals surface area (Å²) >= 11 is 15.2. The van der Waals surface area contributed by atoms with Crippen molar-refractivity contribution in [3.8, 4) is 0 Å². The molecular formula is C10H11BrCl2N2O2S. The lowest BCUT2D eigenvalue weighted by molar-refractivity contribution is 0.396. The Morgan fingerprint density at radius 2 is 1.89 bits per heavy atom. The van der Waals surface area contributed by atoms with Gasteiger partial charge in [0.05, 0.1) is 16.2 Å². The summed E-state index contributed by atoms with van der Waals surface area (Å²) in [5, 5.41) is 0.182. The molecule has 0 spiro atoms. The van der Waals surface area contributed by atoms with Gasteiger partial charge in [-0.3, -0.25) is 0 Å². The van der Waals surface area contributed by atoms with Gasteiger partial charge in [0.15, 0.2) is 0 Å². The van der Waals surface area contributed by atoms with Crippen molar-refractivity contribution < 1.29 is 8.42 Å². The predicted molar refractivity (Wildman–Crippen MR) is 75.3 cm³/mol. The van der Waals surface area contributed by atoms with Crippen LogP contribution in [-0.2, 0) is 10.0 Å². The molecule has 1 aliphatic rings. The van der Waals surface area contributed by atoms with E-state index in [1.165, 1.54) is 16.4 Å². The lowest BCUT2D eigenvalue weighted by atomic mass is 10.3. The Bertz CT molecular complexity index is 556. The summed E-state index contributed by atoms with van der Waals surface area (Å²) in [6.45, 7) is 0.395. The number of hydrogen-bond donors (Lipinski definition) is 1. The topological polar surface area (TPSA) is 63.4 Å². The fraction of sp³-hybridized carbons (Fsp3) is 0.400. The summed E-state index contributed by atoms with van der Waals surface area (Å²) in [7, 11) is -3.74. The lowest BCUT2D eigenvalue weighted by Gasteiger charge is -2.22. The molecule has 0 aromatic heterocycles. The first-order valence-electron chi connectivity index (χ1n) is 5.26. The van der Waals surface area contributed by atoms with E-state index in [2.05, 4.69) is 15.9 Å². The predicted octanol–water partition coefficient (Wildman–Crippen LogP) is 2.83. The van der Waals surface area contributed by atoms with Gasteiger partial charge in [0.1, 0.15) is 4.90 Å². The van der Waals surface area contributed by atoms with Gasteiger partial charge in [-0.2, -0.15) is 4.31 Å². The molecule has 2 N–H and O–H groups in total. The van der Waals surface area contributed by atoms with Crippen LogP contribution in [0, 0.1) is 0 Å². The Labute approximate surface area is 124 Å². The van der Waals surface area contributed by atoms with E-state index in [9.17, 15) is 8.42 Å². The van der Waals surface area contributed by atoms with E-state index < -0.39 is 16.2 Å². The van der Waals surface area contributed by atoms with Crippen molar-refractivity contribution in [3.63, 3.8) is 0 Å². The number of sulfonamides is 1. The number of nitrogens with two attached hydrogens (primary N) is 1. The van der Waals surface area contributed by atoms with E-state index in [1.54, 1.807) is 0 Å². The van der Waals surface area contributed by atoms with Crippen LogP contribution in [0.4, 0.5) is 0 Å². The molecular weight excluding hydrogens is 363 g/mol. The zero-order valence-electron chi connectivity index (χ0n) is 9.24.